The van der Waals surface area contributed by atoms with E-state index in [4.69, 9.17) is 10.5 Å². The fourth-order valence-corrected chi connectivity index (χ4v) is 2.22. The van der Waals surface area contributed by atoms with E-state index in [2.05, 4.69) is 10.6 Å². The van der Waals surface area contributed by atoms with Crippen LogP contribution in [0.5, 0.6) is 5.75 Å². The first kappa shape index (κ1) is 12.3. The maximum atomic E-state index is 12.0. The zero-order valence-corrected chi connectivity index (χ0v) is 10.8. The molecule has 0 radical (unpaired) electrons. The Balaban J connectivity index is 1.66. The molecule has 0 aromatic heterocycles. The van der Waals surface area contributed by atoms with E-state index in [0.717, 1.165) is 11.3 Å². The lowest BCUT2D eigenvalue weighted by atomic mass is 10.1. The van der Waals surface area contributed by atoms with Crippen molar-refractivity contribution in [2.24, 2.45) is 0 Å². The number of hydrogen-bond donors (Lipinski definition) is 3. The molecule has 2 amide bonds. The second-order valence-electron chi connectivity index (χ2n) is 4.63. The summed E-state index contributed by atoms with van der Waals surface area (Å²) in [5, 5.41) is 5.64. The fourth-order valence-electron chi connectivity index (χ4n) is 2.22. The van der Waals surface area contributed by atoms with Gasteiger partial charge in [0.2, 0.25) is 0 Å². The van der Waals surface area contributed by atoms with E-state index < -0.39 is 0 Å². The first-order valence-corrected chi connectivity index (χ1v) is 6.37. The third kappa shape index (κ3) is 2.51. The van der Waals surface area contributed by atoms with Gasteiger partial charge in [-0.25, -0.2) is 4.79 Å². The van der Waals surface area contributed by atoms with Gasteiger partial charge >= 0.3 is 6.03 Å². The highest BCUT2D eigenvalue weighted by Gasteiger charge is 2.24. The topological polar surface area (TPSA) is 76.4 Å². The van der Waals surface area contributed by atoms with E-state index in [9.17, 15) is 4.79 Å². The van der Waals surface area contributed by atoms with Gasteiger partial charge in [0.15, 0.2) is 0 Å². The number of carbonyl (C=O) groups excluding carboxylic acids is 1. The van der Waals surface area contributed by atoms with Crippen molar-refractivity contribution < 1.29 is 9.53 Å². The SMILES string of the molecule is Nc1cccc(NC(=O)NC2COc3ccccc32)c1. The minimum absolute atomic E-state index is 0.132. The smallest absolute Gasteiger partial charge is 0.319 e. The van der Waals surface area contributed by atoms with Gasteiger partial charge in [-0.2, -0.15) is 0 Å². The monoisotopic (exact) mass is 269 g/mol. The van der Waals surface area contributed by atoms with Gasteiger partial charge in [-0.05, 0) is 24.3 Å². The summed E-state index contributed by atoms with van der Waals surface area (Å²) in [4.78, 5) is 12.0. The predicted molar refractivity (Wildman–Crippen MR) is 77.7 cm³/mol. The number of hydrogen-bond acceptors (Lipinski definition) is 3. The molecule has 1 aliphatic rings. The summed E-state index contributed by atoms with van der Waals surface area (Å²) in [6, 6.07) is 14.3. The number of anilines is 2. The molecule has 2 aromatic carbocycles. The van der Waals surface area contributed by atoms with Crippen LogP contribution in [-0.2, 0) is 0 Å². The van der Waals surface area contributed by atoms with E-state index in [1.165, 1.54) is 0 Å². The molecule has 0 spiro atoms. The second-order valence-corrected chi connectivity index (χ2v) is 4.63. The van der Waals surface area contributed by atoms with E-state index in [0.29, 0.717) is 18.0 Å². The molecule has 20 heavy (non-hydrogen) atoms. The fraction of sp³-hybridized carbons (Fsp3) is 0.133. The van der Waals surface area contributed by atoms with E-state index in [-0.39, 0.29) is 12.1 Å². The first-order valence-electron chi connectivity index (χ1n) is 6.37. The molecule has 0 fully saturated rings. The molecule has 0 saturated heterocycles. The molecule has 102 valence electrons. The molecule has 4 N–H and O–H groups in total. The number of urea groups is 1. The Morgan fingerprint density at radius 1 is 1.20 bits per heavy atom. The summed E-state index contributed by atoms with van der Waals surface area (Å²) in [7, 11) is 0. The van der Waals surface area contributed by atoms with Crippen molar-refractivity contribution in [1.29, 1.82) is 0 Å². The van der Waals surface area contributed by atoms with Crippen LogP contribution in [0.4, 0.5) is 16.2 Å². The normalized spacial score (nSPS) is 16.1. The van der Waals surface area contributed by atoms with Gasteiger partial charge in [-0.3, -0.25) is 0 Å². The van der Waals surface area contributed by atoms with Crippen molar-refractivity contribution in [2.45, 2.75) is 6.04 Å². The van der Waals surface area contributed by atoms with E-state index >= 15 is 0 Å². The summed E-state index contributed by atoms with van der Waals surface area (Å²) in [6.45, 7) is 0.448. The molecular formula is C15H15N3O2. The molecule has 5 heteroatoms. The molecule has 1 unspecified atom stereocenters. The van der Waals surface area contributed by atoms with Gasteiger partial charge in [0.1, 0.15) is 12.4 Å². The lowest BCUT2D eigenvalue weighted by Crippen LogP contribution is -2.33. The number of para-hydroxylation sites is 1. The molecule has 1 aliphatic heterocycles. The number of rotatable bonds is 2. The molecule has 3 rings (SSSR count). The molecule has 1 atom stereocenters. The van der Waals surface area contributed by atoms with Gasteiger partial charge < -0.3 is 21.1 Å². The minimum Gasteiger partial charge on any atom is -0.491 e. The Morgan fingerprint density at radius 2 is 2.05 bits per heavy atom. The highest BCUT2D eigenvalue weighted by atomic mass is 16.5. The van der Waals surface area contributed by atoms with Crippen LogP contribution in [0.15, 0.2) is 48.5 Å². The van der Waals surface area contributed by atoms with Crippen molar-refractivity contribution in [2.75, 3.05) is 17.7 Å². The lowest BCUT2D eigenvalue weighted by molar-refractivity contribution is 0.243. The molecule has 0 bridgehead atoms. The predicted octanol–water partition coefficient (Wildman–Crippen LogP) is 2.52. The summed E-state index contributed by atoms with van der Waals surface area (Å²) in [5.74, 6) is 0.821. The Kier molecular flexibility index (Phi) is 3.16. The molecule has 5 nitrogen and oxygen atoms in total. The van der Waals surface area contributed by atoms with Crippen LogP contribution < -0.4 is 21.1 Å². The van der Waals surface area contributed by atoms with Gasteiger partial charge in [-0.1, -0.05) is 24.3 Å². The lowest BCUT2D eigenvalue weighted by Gasteiger charge is -2.13. The maximum absolute atomic E-state index is 12.0. The molecule has 0 saturated carbocycles. The molecular weight excluding hydrogens is 254 g/mol. The molecule has 1 heterocycles. The van der Waals surface area contributed by atoms with Crippen LogP contribution in [0.25, 0.3) is 0 Å². The van der Waals surface area contributed by atoms with Crippen LogP contribution in [0.3, 0.4) is 0 Å². The standard InChI is InChI=1S/C15H15N3O2/c16-10-4-3-5-11(8-10)17-15(19)18-13-9-20-14-7-2-1-6-12(13)14/h1-8,13H,9,16H2,(H2,17,18,19). The van der Waals surface area contributed by atoms with Gasteiger partial charge in [-0.15, -0.1) is 0 Å². The van der Waals surface area contributed by atoms with Crippen LogP contribution >= 0.6 is 0 Å². The number of nitrogen functional groups attached to an aromatic ring is 1. The zero-order valence-electron chi connectivity index (χ0n) is 10.8. The van der Waals surface area contributed by atoms with Crippen LogP contribution in [-0.4, -0.2) is 12.6 Å². The molecule has 0 aliphatic carbocycles. The third-order valence-electron chi connectivity index (χ3n) is 3.15. The highest BCUT2D eigenvalue weighted by Crippen LogP contribution is 2.31. The van der Waals surface area contributed by atoms with Crippen LogP contribution in [0, 0.1) is 0 Å². The number of nitrogens with one attached hydrogen (secondary N) is 2. The second kappa shape index (κ2) is 5.13. The Labute approximate surface area is 116 Å². The average Bonchev–Trinajstić information content (AvgIpc) is 2.82. The zero-order chi connectivity index (χ0) is 13.9. The number of ether oxygens (including phenoxy) is 1. The van der Waals surface area contributed by atoms with Crippen LogP contribution in [0.1, 0.15) is 11.6 Å². The van der Waals surface area contributed by atoms with Crippen molar-refractivity contribution in [3.05, 3.63) is 54.1 Å². The number of nitrogens with two attached hydrogens (primary N) is 1. The first-order chi connectivity index (χ1) is 9.72. The summed E-state index contributed by atoms with van der Waals surface area (Å²) in [6.07, 6.45) is 0. The number of fused-ring (bicyclic) bond motifs is 1. The largest absolute Gasteiger partial charge is 0.491 e. The Morgan fingerprint density at radius 3 is 2.90 bits per heavy atom. The van der Waals surface area contributed by atoms with E-state index in [1.54, 1.807) is 24.3 Å². The van der Waals surface area contributed by atoms with Crippen molar-refractivity contribution in [3.63, 3.8) is 0 Å². The summed E-state index contributed by atoms with van der Waals surface area (Å²) in [5.41, 5.74) is 7.94. The summed E-state index contributed by atoms with van der Waals surface area (Å²) >= 11 is 0. The minimum atomic E-state index is -0.277. The Hall–Kier alpha value is -2.69. The third-order valence-corrected chi connectivity index (χ3v) is 3.15. The summed E-state index contributed by atoms with van der Waals surface area (Å²) < 4.78 is 5.52. The van der Waals surface area contributed by atoms with Crippen molar-refractivity contribution >= 4 is 17.4 Å². The van der Waals surface area contributed by atoms with Crippen molar-refractivity contribution in [3.8, 4) is 5.75 Å². The average molecular weight is 269 g/mol. The quantitative estimate of drug-likeness (QED) is 0.733. The van der Waals surface area contributed by atoms with Gasteiger partial charge in [0, 0.05) is 16.9 Å². The maximum Gasteiger partial charge on any atom is 0.319 e. The van der Waals surface area contributed by atoms with Gasteiger partial charge in [0.05, 0.1) is 6.04 Å². The van der Waals surface area contributed by atoms with Crippen LogP contribution in [0.2, 0.25) is 0 Å². The number of amides is 2. The Bertz CT molecular complexity index is 643. The highest BCUT2D eigenvalue weighted by molar-refractivity contribution is 5.90. The van der Waals surface area contributed by atoms with Gasteiger partial charge in [0.25, 0.3) is 0 Å². The number of benzene rings is 2. The van der Waals surface area contributed by atoms with Crippen molar-refractivity contribution in [1.82, 2.24) is 5.32 Å². The molecule has 2 aromatic rings. The number of carbonyl (C=O) groups is 1. The van der Waals surface area contributed by atoms with E-state index in [1.807, 2.05) is 24.3 Å².